The van der Waals surface area contributed by atoms with Gasteiger partial charge in [-0.25, -0.2) is 0 Å². The summed E-state index contributed by atoms with van der Waals surface area (Å²) in [7, 11) is 0. The molecule has 0 aromatic carbocycles. The third kappa shape index (κ3) is 1.20. The molecule has 4 nitrogen and oxygen atoms in total. The van der Waals surface area contributed by atoms with E-state index >= 15 is 0 Å². The summed E-state index contributed by atoms with van der Waals surface area (Å²) in [6.07, 6.45) is 1.69. The van der Waals surface area contributed by atoms with Gasteiger partial charge in [-0.2, -0.15) is 5.10 Å². The molecule has 0 radical (unpaired) electrons. The normalized spacial score (nSPS) is 10.6. The Kier molecular flexibility index (Phi) is 1.62. The zero-order valence-electron chi connectivity index (χ0n) is 7.59. The van der Waals surface area contributed by atoms with Crippen LogP contribution >= 0.6 is 0 Å². The number of aromatic nitrogens is 2. The SMILES string of the molecule is Cc1cc(-c2[nH]nc(N)c2C)co1. The molecule has 0 amide bonds. The zero-order chi connectivity index (χ0) is 9.42. The summed E-state index contributed by atoms with van der Waals surface area (Å²) >= 11 is 0. The molecule has 0 aliphatic rings. The van der Waals surface area contributed by atoms with E-state index in [2.05, 4.69) is 10.2 Å². The van der Waals surface area contributed by atoms with E-state index in [1.165, 1.54) is 0 Å². The summed E-state index contributed by atoms with van der Waals surface area (Å²) < 4.78 is 5.19. The van der Waals surface area contributed by atoms with Crippen molar-refractivity contribution in [2.75, 3.05) is 5.73 Å². The van der Waals surface area contributed by atoms with Crippen LogP contribution in [0.25, 0.3) is 11.3 Å². The van der Waals surface area contributed by atoms with Crippen LogP contribution in [0.3, 0.4) is 0 Å². The molecule has 2 aromatic rings. The molecule has 0 saturated carbocycles. The Labute approximate surface area is 75.7 Å². The van der Waals surface area contributed by atoms with Crippen LogP contribution in [0.15, 0.2) is 16.7 Å². The van der Waals surface area contributed by atoms with Gasteiger partial charge in [-0.15, -0.1) is 0 Å². The van der Waals surface area contributed by atoms with E-state index in [1.54, 1.807) is 6.26 Å². The van der Waals surface area contributed by atoms with Crippen molar-refractivity contribution in [1.29, 1.82) is 0 Å². The van der Waals surface area contributed by atoms with Gasteiger partial charge in [0.1, 0.15) is 17.8 Å². The van der Waals surface area contributed by atoms with Crippen molar-refractivity contribution in [2.24, 2.45) is 0 Å². The first-order chi connectivity index (χ1) is 6.18. The van der Waals surface area contributed by atoms with Crippen LogP contribution in [0.1, 0.15) is 11.3 Å². The number of rotatable bonds is 1. The molecule has 0 atom stereocenters. The number of nitrogens with two attached hydrogens (primary N) is 1. The fourth-order valence-electron chi connectivity index (χ4n) is 1.27. The van der Waals surface area contributed by atoms with Crippen molar-refractivity contribution < 1.29 is 4.42 Å². The molecule has 0 aliphatic heterocycles. The van der Waals surface area contributed by atoms with Crippen molar-refractivity contribution in [2.45, 2.75) is 13.8 Å². The van der Waals surface area contributed by atoms with Gasteiger partial charge >= 0.3 is 0 Å². The minimum Gasteiger partial charge on any atom is -0.469 e. The van der Waals surface area contributed by atoms with E-state index < -0.39 is 0 Å². The maximum Gasteiger partial charge on any atom is 0.148 e. The van der Waals surface area contributed by atoms with Gasteiger partial charge in [0.05, 0.1) is 5.69 Å². The minimum atomic E-state index is 0.536. The highest BCUT2D eigenvalue weighted by atomic mass is 16.3. The molecule has 0 aliphatic carbocycles. The minimum absolute atomic E-state index is 0.536. The fourth-order valence-corrected chi connectivity index (χ4v) is 1.27. The van der Waals surface area contributed by atoms with E-state index in [9.17, 15) is 0 Å². The molecular formula is C9H11N3O. The lowest BCUT2D eigenvalue weighted by molar-refractivity contribution is 0.535. The Balaban J connectivity index is 2.52. The molecular weight excluding hydrogens is 166 g/mol. The van der Waals surface area contributed by atoms with Crippen LogP contribution < -0.4 is 5.73 Å². The Hall–Kier alpha value is -1.71. The smallest absolute Gasteiger partial charge is 0.148 e. The Morgan fingerprint density at radius 1 is 1.46 bits per heavy atom. The van der Waals surface area contributed by atoms with Gasteiger partial charge in [-0.3, -0.25) is 5.10 Å². The number of H-pyrrole nitrogens is 1. The van der Waals surface area contributed by atoms with Crippen LogP contribution in [0, 0.1) is 13.8 Å². The Morgan fingerprint density at radius 3 is 2.69 bits per heavy atom. The quantitative estimate of drug-likeness (QED) is 0.698. The summed E-state index contributed by atoms with van der Waals surface area (Å²) in [4.78, 5) is 0. The van der Waals surface area contributed by atoms with Crippen LogP contribution in [-0.4, -0.2) is 10.2 Å². The van der Waals surface area contributed by atoms with Crippen molar-refractivity contribution >= 4 is 5.82 Å². The van der Waals surface area contributed by atoms with Gasteiger partial charge in [0, 0.05) is 11.1 Å². The number of nitrogens with zero attached hydrogens (tertiary/aromatic N) is 1. The average Bonchev–Trinajstić information content (AvgIpc) is 2.62. The highest BCUT2D eigenvalue weighted by Crippen LogP contribution is 2.25. The molecule has 2 heterocycles. The van der Waals surface area contributed by atoms with Gasteiger partial charge in [0.25, 0.3) is 0 Å². The molecule has 3 N–H and O–H groups in total. The van der Waals surface area contributed by atoms with Crippen LogP contribution in [-0.2, 0) is 0 Å². The van der Waals surface area contributed by atoms with Gasteiger partial charge in [-0.1, -0.05) is 0 Å². The van der Waals surface area contributed by atoms with Crippen LogP contribution in [0.5, 0.6) is 0 Å². The molecule has 0 fully saturated rings. The molecule has 13 heavy (non-hydrogen) atoms. The van der Waals surface area contributed by atoms with E-state index in [0.29, 0.717) is 5.82 Å². The number of nitrogen functional groups attached to an aromatic ring is 1. The van der Waals surface area contributed by atoms with Crippen molar-refractivity contribution in [3.05, 3.63) is 23.7 Å². The van der Waals surface area contributed by atoms with Gasteiger partial charge in [-0.05, 0) is 19.9 Å². The molecule has 2 aromatic heterocycles. The van der Waals surface area contributed by atoms with Crippen molar-refractivity contribution in [3.63, 3.8) is 0 Å². The number of aryl methyl sites for hydroxylation is 1. The van der Waals surface area contributed by atoms with E-state index in [1.807, 2.05) is 19.9 Å². The lowest BCUT2D eigenvalue weighted by atomic mass is 10.1. The van der Waals surface area contributed by atoms with Crippen LogP contribution in [0.4, 0.5) is 5.82 Å². The monoisotopic (exact) mass is 177 g/mol. The third-order valence-electron chi connectivity index (χ3n) is 2.07. The second kappa shape index (κ2) is 2.65. The van der Waals surface area contributed by atoms with Gasteiger partial charge < -0.3 is 10.2 Å². The summed E-state index contributed by atoms with van der Waals surface area (Å²) in [6.45, 7) is 3.83. The molecule has 68 valence electrons. The second-order valence-electron chi connectivity index (χ2n) is 3.05. The first-order valence-electron chi connectivity index (χ1n) is 4.04. The van der Waals surface area contributed by atoms with E-state index in [-0.39, 0.29) is 0 Å². The number of hydrogen-bond donors (Lipinski definition) is 2. The molecule has 0 spiro atoms. The predicted octanol–water partition coefficient (Wildman–Crippen LogP) is 1.87. The highest BCUT2D eigenvalue weighted by molar-refractivity contribution is 5.66. The van der Waals surface area contributed by atoms with E-state index in [0.717, 1.165) is 22.6 Å². The maximum atomic E-state index is 5.61. The Bertz CT molecular complexity index is 428. The first-order valence-corrected chi connectivity index (χ1v) is 4.04. The van der Waals surface area contributed by atoms with Crippen LogP contribution in [0.2, 0.25) is 0 Å². The van der Waals surface area contributed by atoms with Gasteiger partial charge in [0.15, 0.2) is 0 Å². The molecule has 0 unspecified atom stereocenters. The number of aromatic amines is 1. The van der Waals surface area contributed by atoms with Gasteiger partial charge in [0.2, 0.25) is 0 Å². The maximum absolute atomic E-state index is 5.61. The lowest BCUT2D eigenvalue weighted by Gasteiger charge is -1.91. The molecule has 4 heteroatoms. The highest BCUT2D eigenvalue weighted by Gasteiger charge is 2.09. The number of furan rings is 1. The Morgan fingerprint density at radius 2 is 2.23 bits per heavy atom. The topological polar surface area (TPSA) is 67.8 Å². The number of hydrogen-bond acceptors (Lipinski definition) is 3. The lowest BCUT2D eigenvalue weighted by Crippen LogP contribution is -1.85. The van der Waals surface area contributed by atoms with E-state index in [4.69, 9.17) is 10.2 Å². The van der Waals surface area contributed by atoms with Crippen molar-refractivity contribution in [1.82, 2.24) is 10.2 Å². The number of nitrogens with one attached hydrogen (secondary N) is 1. The fraction of sp³-hybridized carbons (Fsp3) is 0.222. The second-order valence-corrected chi connectivity index (χ2v) is 3.05. The molecule has 0 bridgehead atoms. The first kappa shape index (κ1) is 7.91. The summed E-state index contributed by atoms with van der Waals surface area (Å²) in [5.74, 6) is 1.41. The summed E-state index contributed by atoms with van der Waals surface area (Å²) in [5.41, 5.74) is 8.48. The standard InChI is InChI=1S/C9H11N3O/c1-5-3-7(4-13-5)8-6(2)9(10)12-11-8/h3-4H,1-2H3,(H3,10,11,12). The summed E-state index contributed by atoms with van der Waals surface area (Å²) in [5, 5.41) is 6.78. The molecule has 2 rings (SSSR count). The number of anilines is 1. The average molecular weight is 177 g/mol. The largest absolute Gasteiger partial charge is 0.469 e. The van der Waals surface area contributed by atoms with Crippen molar-refractivity contribution in [3.8, 4) is 11.3 Å². The molecule has 0 saturated heterocycles. The predicted molar refractivity (Wildman–Crippen MR) is 50.2 cm³/mol. The third-order valence-corrected chi connectivity index (χ3v) is 2.07. The summed E-state index contributed by atoms with van der Waals surface area (Å²) in [6, 6.07) is 1.94. The zero-order valence-corrected chi connectivity index (χ0v) is 7.59.